The van der Waals surface area contributed by atoms with Gasteiger partial charge in [-0.05, 0) is 50.3 Å². The van der Waals surface area contributed by atoms with Gasteiger partial charge in [-0.3, -0.25) is 9.59 Å². The highest BCUT2D eigenvalue weighted by Gasteiger charge is 2.33. The van der Waals surface area contributed by atoms with Crippen LogP contribution >= 0.6 is 0 Å². The molecule has 2 amide bonds. The van der Waals surface area contributed by atoms with Crippen LogP contribution in [0.2, 0.25) is 0 Å². The molecule has 0 aliphatic carbocycles. The van der Waals surface area contributed by atoms with E-state index in [4.69, 9.17) is 4.74 Å². The van der Waals surface area contributed by atoms with Gasteiger partial charge in [-0.25, -0.2) is 4.39 Å². The van der Waals surface area contributed by atoms with Crippen molar-refractivity contribution in [3.8, 4) is 0 Å². The third-order valence-electron chi connectivity index (χ3n) is 5.31. The number of likely N-dealkylation sites (tertiary alicyclic amines) is 1. The second-order valence-electron chi connectivity index (χ2n) is 7.29. The standard InChI is InChI=1S/C20H27FN2O4/c21-15-6-4-5-14(11-15)20(26)22-17-8-7-16(27-18(17)13-24)12-19(25)23-9-2-1-3-10-23/h4-6,11,16-18,24H,1-3,7-10,12-13H2,(H,22,26)/t16-,17+,18+/m1/s1. The normalized spacial score (nSPS) is 25.9. The molecule has 2 saturated heterocycles. The van der Waals surface area contributed by atoms with E-state index in [0.29, 0.717) is 19.3 Å². The first-order valence-electron chi connectivity index (χ1n) is 9.67. The van der Waals surface area contributed by atoms with Gasteiger partial charge in [0.15, 0.2) is 0 Å². The van der Waals surface area contributed by atoms with Crippen molar-refractivity contribution in [2.45, 2.75) is 56.8 Å². The van der Waals surface area contributed by atoms with Crippen LogP contribution in [0.3, 0.4) is 0 Å². The first kappa shape index (κ1) is 19.8. The fraction of sp³-hybridized carbons (Fsp3) is 0.600. The maximum absolute atomic E-state index is 13.3. The number of rotatable bonds is 5. The first-order chi connectivity index (χ1) is 13.1. The smallest absolute Gasteiger partial charge is 0.251 e. The average molecular weight is 378 g/mol. The van der Waals surface area contributed by atoms with Crippen LogP contribution in [0.15, 0.2) is 24.3 Å². The van der Waals surface area contributed by atoms with Crippen LogP contribution in [0.25, 0.3) is 0 Å². The molecule has 2 fully saturated rings. The quantitative estimate of drug-likeness (QED) is 0.820. The predicted octanol–water partition coefficient (Wildman–Crippen LogP) is 1.87. The van der Waals surface area contributed by atoms with Gasteiger partial charge in [-0.1, -0.05) is 6.07 Å². The molecule has 7 heteroatoms. The molecule has 2 N–H and O–H groups in total. The molecule has 2 aliphatic heterocycles. The Morgan fingerprint density at radius 2 is 2.00 bits per heavy atom. The van der Waals surface area contributed by atoms with Crippen molar-refractivity contribution in [3.63, 3.8) is 0 Å². The molecule has 3 atom stereocenters. The van der Waals surface area contributed by atoms with Crippen LogP contribution in [0, 0.1) is 5.82 Å². The van der Waals surface area contributed by atoms with E-state index in [1.165, 1.54) is 30.7 Å². The summed E-state index contributed by atoms with van der Waals surface area (Å²) in [5.41, 5.74) is 0.231. The van der Waals surface area contributed by atoms with Crippen LogP contribution in [0.1, 0.15) is 48.9 Å². The molecule has 0 bridgehead atoms. The summed E-state index contributed by atoms with van der Waals surface area (Å²) in [4.78, 5) is 26.6. The van der Waals surface area contributed by atoms with E-state index in [1.54, 1.807) is 0 Å². The number of piperidine rings is 1. The molecule has 0 radical (unpaired) electrons. The number of nitrogens with zero attached hydrogens (tertiary/aromatic N) is 1. The lowest BCUT2D eigenvalue weighted by Crippen LogP contribution is -2.51. The van der Waals surface area contributed by atoms with E-state index in [0.717, 1.165) is 25.9 Å². The van der Waals surface area contributed by atoms with E-state index in [1.807, 2.05) is 4.90 Å². The summed E-state index contributed by atoms with van der Waals surface area (Å²) in [5.74, 6) is -0.777. The van der Waals surface area contributed by atoms with E-state index in [9.17, 15) is 19.1 Å². The van der Waals surface area contributed by atoms with Crippen LogP contribution in [-0.2, 0) is 9.53 Å². The first-order valence-corrected chi connectivity index (χ1v) is 9.67. The number of nitrogens with one attached hydrogen (secondary N) is 1. The minimum atomic E-state index is -0.574. The van der Waals surface area contributed by atoms with Gasteiger partial charge in [-0.15, -0.1) is 0 Å². The number of aliphatic hydroxyl groups is 1. The van der Waals surface area contributed by atoms with Crippen molar-refractivity contribution in [2.24, 2.45) is 0 Å². The van der Waals surface area contributed by atoms with Gasteiger partial charge < -0.3 is 20.1 Å². The SMILES string of the molecule is O=C(N[C@H]1CC[C@H](CC(=O)N2CCCCC2)O[C@H]1CO)c1cccc(F)c1. The molecule has 2 aliphatic rings. The van der Waals surface area contributed by atoms with Gasteiger partial charge in [0.1, 0.15) is 11.9 Å². The number of halogens is 1. The monoisotopic (exact) mass is 378 g/mol. The van der Waals surface area contributed by atoms with Gasteiger partial charge in [0.2, 0.25) is 5.91 Å². The Labute approximate surface area is 158 Å². The van der Waals surface area contributed by atoms with Gasteiger partial charge in [0.25, 0.3) is 5.91 Å². The highest BCUT2D eigenvalue weighted by molar-refractivity contribution is 5.94. The number of aliphatic hydroxyl groups excluding tert-OH is 1. The van der Waals surface area contributed by atoms with Crippen molar-refractivity contribution in [1.82, 2.24) is 10.2 Å². The lowest BCUT2D eigenvalue weighted by Gasteiger charge is -2.37. The molecule has 0 saturated carbocycles. The number of hydrogen-bond acceptors (Lipinski definition) is 4. The van der Waals surface area contributed by atoms with E-state index < -0.39 is 17.8 Å². The average Bonchev–Trinajstić information content (AvgIpc) is 2.69. The number of carbonyl (C=O) groups excluding carboxylic acids is 2. The Morgan fingerprint density at radius 3 is 2.70 bits per heavy atom. The van der Waals surface area contributed by atoms with Gasteiger partial charge in [-0.2, -0.15) is 0 Å². The van der Waals surface area contributed by atoms with Gasteiger partial charge in [0, 0.05) is 18.7 Å². The summed E-state index contributed by atoms with van der Waals surface area (Å²) >= 11 is 0. The minimum absolute atomic E-state index is 0.0960. The van der Waals surface area contributed by atoms with E-state index in [2.05, 4.69) is 5.32 Å². The summed E-state index contributed by atoms with van der Waals surface area (Å²) in [6.07, 6.45) is 3.97. The molecule has 0 aromatic heterocycles. The topological polar surface area (TPSA) is 78.9 Å². The fourth-order valence-electron chi connectivity index (χ4n) is 3.80. The lowest BCUT2D eigenvalue weighted by atomic mass is 9.96. The zero-order valence-corrected chi connectivity index (χ0v) is 15.4. The second-order valence-corrected chi connectivity index (χ2v) is 7.29. The van der Waals surface area contributed by atoms with Crippen LogP contribution in [-0.4, -0.2) is 59.8 Å². The van der Waals surface area contributed by atoms with Crippen molar-refractivity contribution in [3.05, 3.63) is 35.6 Å². The third kappa shape index (κ3) is 5.26. The van der Waals surface area contributed by atoms with Gasteiger partial charge >= 0.3 is 0 Å². The Morgan fingerprint density at radius 1 is 1.22 bits per heavy atom. The molecular formula is C20H27FN2O4. The number of hydrogen-bond donors (Lipinski definition) is 2. The number of ether oxygens (including phenoxy) is 1. The molecule has 1 aromatic carbocycles. The van der Waals surface area contributed by atoms with Crippen LogP contribution in [0.4, 0.5) is 4.39 Å². The minimum Gasteiger partial charge on any atom is -0.394 e. The zero-order valence-electron chi connectivity index (χ0n) is 15.4. The maximum Gasteiger partial charge on any atom is 0.251 e. The summed E-state index contributed by atoms with van der Waals surface area (Å²) in [6.45, 7) is 1.37. The summed E-state index contributed by atoms with van der Waals surface area (Å²) < 4.78 is 19.2. The van der Waals surface area contributed by atoms with Crippen molar-refractivity contribution in [1.29, 1.82) is 0 Å². The number of amides is 2. The highest BCUT2D eigenvalue weighted by Crippen LogP contribution is 2.23. The molecule has 148 valence electrons. The summed E-state index contributed by atoms with van der Waals surface area (Å²) in [6, 6.07) is 5.10. The maximum atomic E-state index is 13.3. The summed E-state index contributed by atoms with van der Waals surface area (Å²) in [5, 5.41) is 12.5. The van der Waals surface area contributed by atoms with Crippen molar-refractivity contribution < 1.29 is 23.8 Å². The predicted molar refractivity (Wildman–Crippen MR) is 97.7 cm³/mol. The molecule has 6 nitrogen and oxygen atoms in total. The molecule has 3 rings (SSSR count). The Hall–Kier alpha value is -1.99. The molecule has 27 heavy (non-hydrogen) atoms. The zero-order chi connectivity index (χ0) is 19.2. The van der Waals surface area contributed by atoms with Gasteiger partial charge in [0.05, 0.1) is 25.2 Å². The summed E-state index contributed by atoms with van der Waals surface area (Å²) in [7, 11) is 0. The Kier molecular flexibility index (Phi) is 6.79. The second kappa shape index (κ2) is 9.28. The van der Waals surface area contributed by atoms with Crippen LogP contribution < -0.4 is 5.32 Å². The van der Waals surface area contributed by atoms with E-state index in [-0.39, 0.29) is 30.2 Å². The van der Waals surface area contributed by atoms with E-state index >= 15 is 0 Å². The molecule has 2 heterocycles. The Bertz CT molecular complexity index is 663. The highest BCUT2D eigenvalue weighted by atomic mass is 19.1. The largest absolute Gasteiger partial charge is 0.394 e. The molecular weight excluding hydrogens is 351 g/mol. The van der Waals surface area contributed by atoms with Crippen LogP contribution in [0.5, 0.6) is 0 Å². The molecule has 0 spiro atoms. The Balaban J connectivity index is 1.53. The fourth-order valence-corrected chi connectivity index (χ4v) is 3.80. The van der Waals surface area contributed by atoms with Crippen molar-refractivity contribution in [2.75, 3.05) is 19.7 Å². The third-order valence-corrected chi connectivity index (χ3v) is 5.31. The molecule has 0 unspecified atom stereocenters. The molecule has 1 aromatic rings. The number of carbonyl (C=O) groups is 2. The lowest BCUT2D eigenvalue weighted by molar-refractivity contribution is -0.141. The van der Waals surface area contributed by atoms with Crippen molar-refractivity contribution >= 4 is 11.8 Å². The number of benzene rings is 1.